The lowest BCUT2D eigenvalue weighted by atomic mass is 10.2. The summed E-state index contributed by atoms with van der Waals surface area (Å²) >= 11 is 0. The molecule has 0 spiro atoms. The van der Waals surface area contributed by atoms with Crippen molar-refractivity contribution in [1.29, 1.82) is 5.41 Å². The Morgan fingerprint density at radius 3 is 3.07 bits per heavy atom. The normalized spacial score (nSPS) is 26.0. The van der Waals surface area contributed by atoms with Gasteiger partial charge in [-0.3, -0.25) is 10.3 Å². The predicted octanol–water partition coefficient (Wildman–Crippen LogP) is -0.342. The molecule has 0 aliphatic carbocycles. The molecular formula is C9H19N3O2. The molecule has 5 nitrogen and oxygen atoms in total. The summed E-state index contributed by atoms with van der Waals surface area (Å²) in [7, 11) is 1.69. The van der Waals surface area contributed by atoms with E-state index in [-0.39, 0.29) is 11.9 Å². The zero-order chi connectivity index (χ0) is 10.6. The van der Waals surface area contributed by atoms with E-state index in [1.807, 2.05) is 0 Å². The molecule has 82 valence electrons. The lowest BCUT2D eigenvalue weighted by molar-refractivity contribution is -0.0227. The SMILES string of the molecule is COCC(C)N1CCOC(C(=N)N)C1. The Morgan fingerprint density at radius 1 is 1.79 bits per heavy atom. The van der Waals surface area contributed by atoms with Crippen molar-refractivity contribution in [3.8, 4) is 0 Å². The zero-order valence-corrected chi connectivity index (χ0v) is 8.82. The van der Waals surface area contributed by atoms with Crippen LogP contribution in [0.1, 0.15) is 6.92 Å². The van der Waals surface area contributed by atoms with Gasteiger partial charge in [-0.15, -0.1) is 0 Å². The quantitative estimate of drug-likeness (QED) is 0.482. The molecule has 2 atom stereocenters. The molecular weight excluding hydrogens is 182 g/mol. The number of rotatable bonds is 4. The number of amidine groups is 1. The largest absolute Gasteiger partial charge is 0.385 e. The first-order chi connectivity index (χ1) is 6.65. The molecule has 1 heterocycles. The highest BCUT2D eigenvalue weighted by Gasteiger charge is 2.25. The average Bonchev–Trinajstić information content (AvgIpc) is 2.18. The monoisotopic (exact) mass is 201 g/mol. The number of methoxy groups -OCH3 is 1. The molecule has 0 radical (unpaired) electrons. The van der Waals surface area contributed by atoms with Crippen molar-refractivity contribution < 1.29 is 9.47 Å². The zero-order valence-electron chi connectivity index (χ0n) is 8.82. The van der Waals surface area contributed by atoms with E-state index in [2.05, 4.69) is 11.8 Å². The van der Waals surface area contributed by atoms with Crippen LogP contribution >= 0.6 is 0 Å². The molecule has 2 unspecified atom stereocenters. The number of morpholine rings is 1. The Kier molecular flexibility index (Phi) is 4.31. The molecule has 0 bridgehead atoms. The van der Waals surface area contributed by atoms with Crippen molar-refractivity contribution in [3.05, 3.63) is 0 Å². The number of nitrogens with two attached hydrogens (primary N) is 1. The molecule has 1 fully saturated rings. The van der Waals surface area contributed by atoms with Gasteiger partial charge in [0.1, 0.15) is 11.9 Å². The minimum absolute atomic E-state index is 0.110. The van der Waals surface area contributed by atoms with E-state index in [4.69, 9.17) is 20.6 Å². The Labute approximate surface area is 84.7 Å². The maximum atomic E-state index is 7.32. The van der Waals surface area contributed by atoms with Crippen LogP contribution in [0.15, 0.2) is 0 Å². The number of hydrogen-bond acceptors (Lipinski definition) is 4. The van der Waals surface area contributed by atoms with Crippen LogP contribution in [-0.4, -0.2) is 56.3 Å². The fraction of sp³-hybridized carbons (Fsp3) is 0.889. The summed E-state index contributed by atoms with van der Waals surface area (Å²) in [5.74, 6) is 0.110. The third kappa shape index (κ3) is 2.94. The summed E-state index contributed by atoms with van der Waals surface area (Å²) in [6.07, 6.45) is -0.247. The molecule has 3 N–H and O–H groups in total. The van der Waals surface area contributed by atoms with Crippen molar-refractivity contribution in [2.75, 3.05) is 33.4 Å². The summed E-state index contributed by atoms with van der Waals surface area (Å²) in [6.45, 7) is 5.02. The summed E-state index contributed by atoms with van der Waals surface area (Å²) in [5, 5.41) is 7.32. The van der Waals surface area contributed by atoms with Gasteiger partial charge in [0.25, 0.3) is 0 Å². The highest BCUT2D eigenvalue weighted by Crippen LogP contribution is 2.08. The average molecular weight is 201 g/mol. The number of nitrogens with zero attached hydrogens (tertiary/aromatic N) is 1. The minimum atomic E-state index is -0.247. The predicted molar refractivity (Wildman–Crippen MR) is 54.6 cm³/mol. The topological polar surface area (TPSA) is 71.6 Å². The number of hydrogen-bond donors (Lipinski definition) is 2. The van der Waals surface area contributed by atoms with Crippen LogP contribution in [0.2, 0.25) is 0 Å². The molecule has 0 aromatic heterocycles. The minimum Gasteiger partial charge on any atom is -0.385 e. The Morgan fingerprint density at radius 2 is 2.50 bits per heavy atom. The van der Waals surface area contributed by atoms with Crippen molar-refractivity contribution in [2.45, 2.75) is 19.1 Å². The molecule has 1 saturated heterocycles. The second-order valence-corrected chi connectivity index (χ2v) is 3.61. The van der Waals surface area contributed by atoms with Gasteiger partial charge in [0.05, 0.1) is 13.2 Å². The van der Waals surface area contributed by atoms with E-state index in [1.165, 1.54) is 0 Å². The van der Waals surface area contributed by atoms with E-state index < -0.39 is 0 Å². The van der Waals surface area contributed by atoms with Crippen LogP contribution in [0.3, 0.4) is 0 Å². The molecule has 0 aromatic rings. The van der Waals surface area contributed by atoms with E-state index in [0.717, 1.165) is 6.54 Å². The van der Waals surface area contributed by atoms with E-state index in [9.17, 15) is 0 Å². The Balaban J connectivity index is 2.43. The molecule has 0 aromatic carbocycles. The van der Waals surface area contributed by atoms with Crippen molar-refractivity contribution >= 4 is 5.84 Å². The maximum absolute atomic E-state index is 7.32. The summed E-state index contributed by atoms with van der Waals surface area (Å²) < 4.78 is 10.5. The van der Waals surface area contributed by atoms with Crippen molar-refractivity contribution in [2.24, 2.45) is 5.73 Å². The van der Waals surface area contributed by atoms with Gasteiger partial charge in [-0.05, 0) is 6.92 Å². The Bertz CT molecular complexity index is 198. The van der Waals surface area contributed by atoms with Gasteiger partial charge in [0.15, 0.2) is 0 Å². The molecule has 1 aliphatic rings. The summed E-state index contributed by atoms with van der Waals surface area (Å²) in [4.78, 5) is 2.24. The van der Waals surface area contributed by atoms with Gasteiger partial charge in [-0.25, -0.2) is 0 Å². The van der Waals surface area contributed by atoms with Crippen molar-refractivity contribution in [3.63, 3.8) is 0 Å². The molecule has 5 heteroatoms. The first-order valence-electron chi connectivity index (χ1n) is 4.83. The van der Waals surface area contributed by atoms with Gasteiger partial charge < -0.3 is 15.2 Å². The van der Waals surface area contributed by atoms with Crippen LogP contribution < -0.4 is 5.73 Å². The first-order valence-corrected chi connectivity index (χ1v) is 4.83. The van der Waals surface area contributed by atoms with Gasteiger partial charge in [0, 0.05) is 26.2 Å². The highest BCUT2D eigenvalue weighted by atomic mass is 16.5. The number of ether oxygens (including phenoxy) is 2. The summed E-state index contributed by atoms with van der Waals surface area (Å²) in [6, 6.07) is 0.353. The van der Waals surface area contributed by atoms with Gasteiger partial charge in [0.2, 0.25) is 0 Å². The van der Waals surface area contributed by atoms with Gasteiger partial charge in [-0.2, -0.15) is 0 Å². The molecule has 0 amide bonds. The number of nitrogens with one attached hydrogen (secondary N) is 1. The summed E-state index contributed by atoms with van der Waals surface area (Å²) in [5.41, 5.74) is 5.40. The van der Waals surface area contributed by atoms with Crippen LogP contribution in [0.5, 0.6) is 0 Å². The smallest absolute Gasteiger partial charge is 0.127 e. The van der Waals surface area contributed by atoms with Crippen LogP contribution in [0.4, 0.5) is 0 Å². The van der Waals surface area contributed by atoms with Crippen LogP contribution in [0, 0.1) is 5.41 Å². The molecule has 0 saturated carbocycles. The van der Waals surface area contributed by atoms with E-state index >= 15 is 0 Å². The third-order valence-electron chi connectivity index (χ3n) is 2.48. The van der Waals surface area contributed by atoms with Crippen molar-refractivity contribution in [1.82, 2.24) is 4.90 Å². The highest BCUT2D eigenvalue weighted by molar-refractivity contribution is 5.82. The fourth-order valence-electron chi connectivity index (χ4n) is 1.60. The maximum Gasteiger partial charge on any atom is 0.127 e. The second kappa shape index (κ2) is 5.29. The first kappa shape index (κ1) is 11.4. The van der Waals surface area contributed by atoms with E-state index in [0.29, 0.717) is 25.8 Å². The van der Waals surface area contributed by atoms with Crippen LogP contribution in [-0.2, 0) is 9.47 Å². The van der Waals surface area contributed by atoms with Crippen LogP contribution in [0.25, 0.3) is 0 Å². The van der Waals surface area contributed by atoms with Gasteiger partial charge in [-0.1, -0.05) is 0 Å². The second-order valence-electron chi connectivity index (χ2n) is 3.61. The molecule has 1 rings (SSSR count). The fourth-order valence-corrected chi connectivity index (χ4v) is 1.60. The van der Waals surface area contributed by atoms with E-state index in [1.54, 1.807) is 7.11 Å². The standard InChI is InChI=1S/C9H19N3O2/c1-7(6-13-2)12-3-4-14-8(5-12)9(10)11/h7-8H,3-6H2,1-2H3,(H3,10,11). The third-order valence-corrected chi connectivity index (χ3v) is 2.48. The molecule has 1 aliphatic heterocycles. The van der Waals surface area contributed by atoms with Gasteiger partial charge >= 0.3 is 0 Å². The lowest BCUT2D eigenvalue weighted by Gasteiger charge is -2.35. The lowest BCUT2D eigenvalue weighted by Crippen LogP contribution is -2.51. The Hall–Kier alpha value is -0.650. The molecule has 14 heavy (non-hydrogen) atoms.